The van der Waals surface area contributed by atoms with Crippen LogP contribution in [0.4, 0.5) is 0 Å². The van der Waals surface area contributed by atoms with Gasteiger partial charge in [0.1, 0.15) is 11.5 Å². The molecule has 1 rings (SSSR count). The molecule has 0 fully saturated rings. The first-order chi connectivity index (χ1) is 7.24. The number of rotatable bonds is 3. The molecule has 0 radical (unpaired) electrons. The number of carbonyl (C=O) groups is 1. The van der Waals surface area contributed by atoms with Gasteiger partial charge in [0.2, 0.25) is 0 Å². The van der Waals surface area contributed by atoms with Crippen LogP contribution in [0.2, 0.25) is 0 Å². The molecule has 16 heavy (non-hydrogen) atoms. The summed E-state index contributed by atoms with van der Waals surface area (Å²) >= 11 is 0. The predicted molar refractivity (Wildman–Crippen MR) is 63.4 cm³/mol. The zero-order chi connectivity index (χ0) is 12.5. The van der Waals surface area contributed by atoms with Crippen molar-refractivity contribution < 1.29 is 9.21 Å². The smallest absolute Gasteiger partial charge is 0.255 e. The molecule has 0 saturated heterocycles. The summed E-state index contributed by atoms with van der Waals surface area (Å²) in [5.74, 6) is 1.23. The molecule has 1 aromatic heterocycles. The summed E-state index contributed by atoms with van der Waals surface area (Å²) in [6.45, 7) is 9.27. The molecule has 0 saturated carbocycles. The van der Waals surface area contributed by atoms with Crippen molar-refractivity contribution >= 4 is 5.91 Å². The van der Waals surface area contributed by atoms with Crippen LogP contribution < -0.4 is 11.1 Å². The van der Waals surface area contributed by atoms with Crippen molar-refractivity contribution in [1.29, 1.82) is 0 Å². The Morgan fingerprint density at radius 2 is 2.06 bits per heavy atom. The van der Waals surface area contributed by atoms with Crippen molar-refractivity contribution in [3.05, 3.63) is 23.2 Å². The molecule has 1 heterocycles. The van der Waals surface area contributed by atoms with Gasteiger partial charge in [0.25, 0.3) is 5.91 Å². The van der Waals surface area contributed by atoms with Crippen LogP contribution in [0.5, 0.6) is 0 Å². The fourth-order valence-electron chi connectivity index (χ4n) is 1.33. The maximum Gasteiger partial charge on any atom is 0.255 e. The largest absolute Gasteiger partial charge is 0.466 e. The zero-order valence-electron chi connectivity index (χ0n) is 10.5. The van der Waals surface area contributed by atoms with E-state index in [9.17, 15) is 4.79 Å². The second-order valence-corrected chi connectivity index (χ2v) is 4.79. The van der Waals surface area contributed by atoms with Gasteiger partial charge in [0, 0.05) is 11.6 Å². The van der Waals surface area contributed by atoms with E-state index in [2.05, 4.69) is 5.32 Å². The Morgan fingerprint density at radius 1 is 1.50 bits per heavy atom. The third-order valence-corrected chi connectivity index (χ3v) is 2.86. The van der Waals surface area contributed by atoms with Crippen LogP contribution in [-0.4, -0.2) is 17.5 Å². The normalized spacial score (nSPS) is 13.6. The molecule has 1 amide bonds. The van der Waals surface area contributed by atoms with E-state index in [4.69, 9.17) is 10.2 Å². The molecule has 1 aromatic rings. The number of carbonyl (C=O) groups excluding carboxylic acids is 1. The summed E-state index contributed by atoms with van der Waals surface area (Å²) in [7, 11) is 0. The van der Waals surface area contributed by atoms with Gasteiger partial charge in [-0.05, 0) is 40.7 Å². The molecular formula is C12H20N2O2. The summed E-state index contributed by atoms with van der Waals surface area (Å²) in [5, 5.41) is 2.90. The third-order valence-electron chi connectivity index (χ3n) is 2.86. The monoisotopic (exact) mass is 224 g/mol. The molecule has 3 N–H and O–H groups in total. The molecular weight excluding hydrogens is 204 g/mol. The lowest BCUT2D eigenvalue weighted by Gasteiger charge is -2.30. The van der Waals surface area contributed by atoms with E-state index in [0.29, 0.717) is 11.3 Å². The van der Waals surface area contributed by atoms with E-state index in [-0.39, 0.29) is 11.9 Å². The first kappa shape index (κ1) is 12.8. The van der Waals surface area contributed by atoms with Gasteiger partial charge in [-0.3, -0.25) is 4.79 Å². The van der Waals surface area contributed by atoms with Crippen LogP contribution in [0.15, 0.2) is 10.5 Å². The molecule has 0 aliphatic carbocycles. The van der Waals surface area contributed by atoms with Gasteiger partial charge in [0.05, 0.1) is 5.56 Å². The second kappa shape index (κ2) is 4.29. The van der Waals surface area contributed by atoms with Crippen molar-refractivity contribution in [2.75, 3.05) is 0 Å². The van der Waals surface area contributed by atoms with E-state index >= 15 is 0 Å². The maximum absolute atomic E-state index is 12.0. The average molecular weight is 224 g/mol. The molecule has 90 valence electrons. The summed E-state index contributed by atoms with van der Waals surface area (Å²) in [6.07, 6.45) is 0. The Balaban J connectivity index is 2.85. The van der Waals surface area contributed by atoms with E-state index in [1.165, 1.54) is 0 Å². The lowest BCUT2D eigenvalue weighted by Crippen LogP contribution is -2.54. The fourth-order valence-corrected chi connectivity index (χ4v) is 1.33. The average Bonchev–Trinajstić information content (AvgIpc) is 2.44. The van der Waals surface area contributed by atoms with E-state index in [1.807, 2.05) is 27.7 Å². The second-order valence-electron chi connectivity index (χ2n) is 4.79. The Bertz CT molecular complexity index is 392. The standard InChI is InChI=1S/C12H20N2O2/c1-7-6-10(8(2)16-7)11(15)14-12(4,5)9(3)13/h6,9H,13H2,1-5H3,(H,14,15). The highest BCUT2D eigenvalue weighted by Gasteiger charge is 2.26. The topological polar surface area (TPSA) is 68.3 Å². The van der Waals surface area contributed by atoms with Crippen LogP contribution in [0, 0.1) is 13.8 Å². The lowest BCUT2D eigenvalue weighted by atomic mass is 9.96. The van der Waals surface area contributed by atoms with Gasteiger partial charge in [-0.2, -0.15) is 0 Å². The Hall–Kier alpha value is -1.29. The highest BCUT2D eigenvalue weighted by molar-refractivity contribution is 5.95. The van der Waals surface area contributed by atoms with Crippen LogP contribution >= 0.6 is 0 Å². The number of amides is 1. The molecule has 0 bridgehead atoms. The first-order valence-electron chi connectivity index (χ1n) is 5.39. The molecule has 1 unspecified atom stereocenters. The van der Waals surface area contributed by atoms with Crippen molar-refractivity contribution in [1.82, 2.24) is 5.32 Å². The molecule has 0 spiro atoms. The Labute approximate surface area is 96.2 Å². The van der Waals surface area contributed by atoms with Crippen molar-refractivity contribution in [2.45, 2.75) is 46.2 Å². The van der Waals surface area contributed by atoms with Crippen molar-refractivity contribution in [2.24, 2.45) is 5.73 Å². The van der Waals surface area contributed by atoms with Crippen LogP contribution in [-0.2, 0) is 0 Å². The first-order valence-corrected chi connectivity index (χ1v) is 5.39. The highest BCUT2D eigenvalue weighted by Crippen LogP contribution is 2.15. The van der Waals surface area contributed by atoms with Crippen LogP contribution in [0.3, 0.4) is 0 Å². The van der Waals surface area contributed by atoms with Crippen molar-refractivity contribution in [3.63, 3.8) is 0 Å². The van der Waals surface area contributed by atoms with Crippen LogP contribution in [0.1, 0.15) is 42.6 Å². The number of furan rings is 1. The molecule has 4 nitrogen and oxygen atoms in total. The predicted octanol–water partition coefficient (Wildman–Crippen LogP) is 1.75. The number of aryl methyl sites for hydroxylation is 2. The van der Waals surface area contributed by atoms with Gasteiger partial charge in [0.15, 0.2) is 0 Å². The minimum Gasteiger partial charge on any atom is -0.466 e. The molecule has 0 aliphatic rings. The fraction of sp³-hybridized carbons (Fsp3) is 0.583. The van der Waals surface area contributed by atoms with Gasteiger partial charge < -0.3 is 15.5 Å². The summed E-state index contributed by atoms with van der Waals surface area (Å²) in [6, 6.07) is 1.62. The molecule has 1 atom stereocenters. The number of hydrogen-bond donors (Lipinski definition) is 2. The maximum atomic E-state index is 12.0. The SMILES string of the molecule is Cc1cc(C(=O)NC(C)(C)C(C)N)c(C)o1. The minimum atomic E-state index is -0.436. The highest BCUT2D eigenvalue weighted by atomic mass is 16.3. The quantitative estimate of drug-likeness (QED) is 0.822. The Kier molecular flexibility index (Phi) is 3.43. The summed E-state index contributed by atoms with van der Waals surface area (Å²) < 4.78 is 5.32. The van der Waals surface area contributed by atoms with E-state index < -0.39 is 5.54 Å². The zero-order valence-corrected chi connectivity index (χ0v) is 10.5. The molecule has 4 heteroatoms. The van der Waals surface area contributed by atoms with Gasteiger partial charge >= 0.3 is 0 Å². The lowest BCUT2D eigenvalue weighted by molar-refractivity contribution is 0.0902. The van der Waals surface area contributed by atoms with E-state index in [1.54, 1.807) is 13.0 Å². The molecule has 0 aromatic carbocycles. The molecule has 0 aliphatic heterocycles. The van der Waals surface area contributed by atoms with E-state index in [0.717, 1.165) is 5.76 Å². The Morgan fingerprint density at radius 3 is 2.44 bits per heavy atom. The number of hydrogen-bond acceptors (Lipinski definition) is 3. The minimum absolute atomic E-state index is 0.121. The van der Waals surface area contributed by atoms with Gasteiger partial charge in [-0.15, -0.1) is 0 Å². The van der Waals surface area contributed by atoms with Gasteiger partial charge in [-0.1, -0.05) is 0 Å². The van der Waals surface area contributed by atoms with Gasteiger partial charge in [-0.25, -0.2) is 0 Å². The van der Waals surface area contributed by atoms with Crippen LogP contribution in [0.25, 0.3) is 0 Å². The third kappa shape index (κ3) is 2.64. The number of nitrogens with one attached hydrogen (secondary N) is 1. The summed E-state index contributed by atoms with van der Waals surface area (Å²) in [4.78, 5) is 12.0. The summed E-state index contributed by atoms with van der Waals surface area (Å²) in [5.41, 5.74) is 5.94. The van der Waals surface area contributed by atoms with Crippen molar-refractivity contribution in [3.8, 4) is 0 Å². The number of nitrogens with two attached hydrogens (primary N) is 1.